The van der Waals surface area contributed by atoms with Crippen LogP contribution in [0.3, 0.4) is 0 Å². The van der Waals surface area contributed by atoms with E-state index in [1.165, 1.54) is 0 Å². The Bertz CT molecular complexity index is 746. The van der Waals surface area contributed by atoms with Gasteiger partial charge in [0.2, 0.25) is 0 Å². The van der Waals surface area contributed by atoms with Crippen molar-refractivity contribution in [2.75, 3.05) is 5.32 Å². The molecule has 0 unspecified atom stereocenters. The molecule has 0 aliphatic heterocycles. The molecule has 2 N–H and O–H groups in total. The van der Waals surface area contributed by atoms with Crippen molar-refractivity contribution in [3.05, 3.63) is 41.5 Å². The van der Waals surface area contributed by atoms with E-state index in [0.29, 0.717) is 11.3 Å². The lowest BCUT2D eigenvalue weighted by Gasteiger charge is -2.16. The molecule has 2 aromatic rings. The first-order chi connectivity index (χ1) is 11.6. The third-order valence-electron chi connectivity index (χ3n) is 3.71. The number of carbonyl (C=O) groups is 1. The Balaban J connectivity index is 2.05. The van der Waals surface area contributed by atoms with Gasteiger partial charge in [0.15, 0.2) is 5.82 Å². The van der Waals surface area contributed by atoms with E-state index < -0.39 is 0 Å². The van der Waals surface area contributed by atoms with Crippen LogP contribution in [0, 0.1) is 11.3 Å². The second-order valence-corrected chi connectivity index (χ2v) is 5.54. The van der Waals surface area contributed by atoms with Gasteiger partial charge in [-0.05, 0) is 43.5 Å². The van der Waals surface area contributed by atoms with Crippen molar-refractivity contribution in [3.63, 3.8) is 0 Å². The fourth-order valence-corrected chi connectivity index (χ4v) is 2.51. The summed E-state index contributed by atoms with van der Waals surface area (Å²) in [6.07, 6.45) is 3.37. The van der Waals surface area contributed by atoms with E-state index in [0.717, 1.165) is 30.8 Å². The predicted octanol–water partition coefficient (Wildman–Crippen LogP) is 3.00. The van der Waals surface area contributed by atoms with Crippen LogP contribution in [0.5, 0.6) is 0 Å². The number of urea groups is 1. The molecule has 1 aromatic heterocycles. The Kier molecular flexibility index (Phi) is 5.90. The zero-order chi connectivity index (χ0) is 17.5. The van der Waals surface area contributed by atoms with E-state index in [1.807, 2.05) is 18.4 Å². The number of nitrogens with one attached hydrogen (secondary N) is 2. The lowest BCUT2D eigenvalue weighted by Crippen LogP contribution is -2.33. The summed E-state index contributed by atoms with van der Waals surface area (Å²) in [5, 5.41) is 22.7. The Hall–Kier alpha value is -2.88. The summed E-state index contributed by atoms with van der Waals surface area (Å²) in [5.41, 5.74) is 2.21. The SMILES string of the molecule is CCCn1cnnc1[C@@H](C)NC(=O)Nc1ccc(C#N)cc1CC. The van der Waals surface area contributed by atoms with Crippen LogP contribution < -0.4 is 10.6 Å². The molecule has 24 heavy (non-hydrogen) atoms. The van der Waals surface area contributed by atoms with Crippen molar-refractivity contribution < 1.29 is 4.79 Å². The molecule has 0 spiro atoms. The van der Waals surface area contributed by atoms with Gasteiger partial charge in [-0.3, -0.25) is 0 Å². The number of hydrogen-bond donors (Lipinski definition) is 2. The average Bonchev–Trinajstić information content (AvgIpc) is 3.04. The van der Waals surface area contributed by atoms with Gasteiger partial charge in [-0.2, -0.15) is 5.26 Å². The predicted molar refractivity (Wildman–Crippen MR) is 91.4 cm³/mol. The lowest BCUT2D eigenvalue weighted by molar-refractivity contribution is 0.248. The quantitative estimate of drug-likeness (QED) is 0.853. The number of anilines is 1. The first-order valence-corrected chi connectivity index (χ1v) is 8.07. The standard InChI is InChI=1S/C17H22N6O/c1-4-8-23-11-19-22-16(23)12(3)20-17(24)21-15-7-6-13(10-18)9-14(15)5-2/h6-7,9,11-12H,4-5,8H2,1-3H3,(H2,20,21,24)/t12-/m1/s1. The first kappa shape index (κ1) is 17.5. The molecule has 2 amide bonds. The van der Waals surface area contributed by atoms with Crippen molar-refractivity contribution in [2.24, 2.45) is 0 Å². The molecule has 0 saturated heterocycles. The summed E-state index contributed by atoms with van der Waals surface area (Å²) in [6.45, 7) is 6.74. The number of carbonyl (C=O) groups excluding carboxylic acids is 1. The number of nitriles is 1. The number of benzene rings is 1. The molecule has 1 atom stereocenters. The maximum Gasteiger partial charge on any atom is 0.319 e. The van der Waals surface area contributed by atoms with Crippen LogP contribution in [0.2, 0.25) is 0 Å². The molecule has 2 rings (SSSR count). The monoisotopic (exact) mass is 326 g/mol. The lowest BCUT2D eigenvalue weighted by atomic mass is 10.1. The highest BCUT2D eigenvalue weighted by Crippen LogP contribution is 2.18. The summed E-state index contributed by atoms with van der Waals surface area (Å²) in [6, 6.07) is 6.76. The molecule has 1 aromatic carbocycles. The number of aromatic nitrogens is 3. The molecule has 0 radical (unpaired) electrons. The van der Waals surface area contributed by atoms with Crippen molar-refractivity contribution in [2.45, 2.75) is 46.2 Å². The first-order valence-electron chi connectivity index (χ1n) is 8.07. The molecule has 126 valence electrons. The summed E-state index contributed by atoms with van der Waals surface area (Å²) in [7, 11) is 0. The number of aryl methyl sites for hydroxylation is 2. The number of hydrogen-bond acceptors (Lipinski definition) is 4. The Morgan fingerprint density at radius 2 is 2.21 bits per heavy atom. The highest BCUT2D eigenvalue weighted by Gasteiger charge is 2.16. The third-order valence-corrected chi connectivity index (χ3v) is 3.71. The molecule has 0 saturated carbocycles. The Labute approximate surface area is 141 Å². The minimum Gasteiger partial charge on any atom is -0.328 e. The van der Waals surface area contributed by atoms with E-state index in [1.54, 1.807) is 24.5 Å². The van der Waals surface area contributed by atoms with Gasteiger partial charge in [0.1, 0.15) is 6.33 Å². The van der Waals surface area contributed by atoms with Gasteiger partial charge in [0.05, 0.1) is 17.7 Å². The highest BCUT2D eigenvalue weighted by atomic mass is 16.2. The summed E-state index contributed by atoms with van der Waals surface area (Å²) in [4.78, 5) is 12.3. The van der Waals surface area contributed by atoms with Crippen LogP contribution in [-0.4, -0.2) is 20.8 Å². The van der Waals surface area contributed by atoms with E-state index in [-0.39, 0.29) is 12.1 Å². The minimum atomic E-state index is -0.312. The molecular formula is C17H22N6O. The summed E-state index contributed by atoms with van der Waals surface area (Å²) < 4.78 is 1.93. The van der Waals surface area contributed by atoms with Crippen LogP contribution in [0.25, 0.3) is 0 Å². The fraction of sp³-hybridized carbons (Fsp3) is 0.412. The molecule has 1 heterocycles. The Morgan fingerprint density at radius 3 is 2.88 bits per heavy atom. The smallest absolute Gasteiger partial charge is 0.319 e. The van der Waals surface area contributed by atoms with Crippen LogP contribution in [0.1, 0.15) is 50.2 Å². The van der Waals surface area contributed by atoms with Crippen molar-refractivity contribution in [1.82, 2.24) is 20.1 Å². The summed E-state index contributed by atoms with van der Waals surface area (Å²) in [5.74, 6) is 0.725. The van der Waals surface area contributed by atoms with Gasteiger partial charge in [0.25, 0.3) is 0 Å². The molecule has 0 fully saturated rings. The van der Waals surface area contributed by atoms with Gasteiger partial charge in [-0.25, -0.2) is 4.79 Å². The second kappa shape index (κ2) is 8.11. The number of amides is 2. The Morgan fingerprint density at radius 1 is 1.42 bits per heavy atom. The van der Waals surface area contributed by atoms with Crippen LogP contribution in [0.4, 0.5) is 10.5 Å². The largest absolute Gasteiger partial charge is 0.328 e. The maximum absolute atomic E-state index is 12.3. The zero-order valence-corrected chi connectivity index (χ0v) is 14.2. The average molecular weight is 326 g/mol. The zero-order valence-electron chi connectivity index (χ0n) is 14.2. The minimum absolute atomic E-state index is 0.262. The van der Waals surface area contributed by atoms with E-state index in [2.05, 4.69) is 33.8 Å². The van der Waals surface area contributed by atoms with Gasteiger partial charge in [-0.15, -0.1) is 10.2 Å². The molecular weight excluding hydrogens is 304 g/mol. The normalized spacial score (nSPS) is 11.6. The van der Waals surface area contributed by atoms with Crippen molar-refractivity contribution >= 4 is 11.7 Å². The maximum atomic E-state index is 12.3. The van der Waals surface area contributed by atoms with Gasteiger partial charge in [-0.1, -0.05) is 13.8 Å². The summed E-state index contributed by atoms with van der Waals surface area (Å²) >= 11 is 0. The van der Waals surface area contributed by atoms with Gasteiger partial charge in [0, 0.05) is 12.2 Å². The molecule has 7 nitrogen and oxygen atoms in total. The number of nitrogens with zero attached hydrogens (tertiary/aromatic N) is 4. The van der Waals surface area contributed by atoms with Crippen LogP contribution in [0.15, 0.2) is 24.5 Å². The third kappa shape index (κ3) is 4.10. The van der Waals surface area contributed by atoms with Crippen molar-refractivity contribution in [1.29, 1.82) is 5.26 Å². The molecule has 0 bridgehead atoms. The van der Waals surface area contributed by atoms with Gasteiger partial charge < -0.3 is 15.2 Å². The molecule has 7 heteroatoms. The number of rotatable bonds is 6. The second-order valence-electron chi connectivity index (χ2n) is 5.54. The van der Waals surface area contributed by atoms with E-state index in [9.17, 15) is 4.79 Å². The topological polar surface area (TPSA) is 95.6 Å². The van der Waals surface area contributed by atoms with E-state index in [4.69, 9.17) is 5.26 Å². The van der Waals surface area contributed by atoms with E-state index >= 15 is 0 Å². The highest BCUT2D eigenvalue weighted by molar-refractivity contribution is 5.90. The van der Waals surface area contributed by atoms with Crippen LogP contribution in [-0.2, 0) is 13.0 Å². The van der Waals surface area contributed by atoms with Gasteiger partial charge >= 0.3 is 6.03 Å². The molecule has 0 aliphatic carbocycles. The van der Waals surface area contributed by atoms with Crippen LogP contribution >= 0.6 is 0 Å². The van der Waals surface area contributed by atoms with Crippen molar-refractivity contribution in [3.8, 4) is 6.07 Å². The fourth-order valence-electron chi connectivity index (χ4n) is 2.51. The molecule has 0 aliphatic rings.